The normalized spacial score (nSPS) is 11.1. The molecule has 0 bridgehead atoms. The van der Waals surface area contributed by atoms with E-state index in [-0.39, 0.29) is 3.85 Å². The summed E-state index contributed by atoms with van der Waals surface area (Å²) >= 11 is 8.73. The number of alkyl halides is 1. The molecule has 7 aromatic rings. The Hall–Kier alpha value is -3.65. The monoisotopic (exact) mass is 755 g/mol. The van der Waals surface area contributed by atoms with Gasteiger partial charge in [-0.1, -0.05) is 182 Å². The van der Waals surface area contributed by atoms with Crippen molar-refractivity contribution in [3.63, 3.8) is 0 Å². The topological polar surface area (TPSA) is 0 Å². The van der Waals surface area contributed by atoms with Gasteiger partial charge in [-0.3, -0.25) is 0 Å². The smallest absolute Gasteiger partial charge is 0.0134 e. The first-order valence-corrected chi connectivity index (χ1v) is 19.4. The third kappa shape index (κ3) is 10.7. The van der Waals surface area contributed by atoms with Gasteiger partial charge in [0.15, 0.2) is 0 Å². The van der Waals surface area contributed by atoms with Gasteiger partial charge in [-0.15, -0.1) is 0 Å². The summed E-state index contributed by atoms with van der Waals surface area (Å²) in [4.78, 5) is 0. The molecule has 0 nitrogen and oxygen atoms in total. The van der Waals surface area contributed by atoms with Gasteiger partial charge in [-0.05, 0) is 47.7 Å². The largest absolute Gasteiger partial charge is 0.0622 e. The molecule has 47 heavy (non-hydrogen) atoms. The first-order valence-electron chi connectivity index (χ1n) is 15.4. The Morgan fingerprint density at radius 1 is 0.298 bits per heavy atom. The zero-order valence-corrected chi connectivity index (χ0v) is 30.0. The van der Waals surface area contributed by atoms with Crippen LogP contribution in [0.1, 0.15) is 9.41 Å². The maximum atomic E-state index is 5.74. The zero-order chi connectivity index (χ0) is 32.5. The van der Waals surface area contributed by atoms with Crippen LogP contribution in [-0.4, -0.2) is 0 Å². The molecule has 0 saturated carbocycles. The zero-order valence-electron chi connectivity index (χ0n) is 25.9. The fourth-order valence-electron chi connectivity index (χ4n) is 4.94. The first kappa shape index (κ1) is 34.7. The van der Waals surface area contributed by atoms with E-state index in [4.69, 9.17) is 11.6 Å². The molecule has 0 aliphatic carbocycles. The molecule has 0 radical (unpaired) electrons. The van der Waals surface area contributed by atoms with Crippen molar-refractivity contribution in [3.8, 4) is 0 Å². The van der Waals surface area contributed by atoms with Crippen LogP contribution in [0.15, 0.2) is 212 Å². The van der Waals surface area contributed by atoms with Crippen LogP contribution in [0, 0.1) is 0 Å². The molecule has 7 aromatic carbocycles. The summed E-state index contributed by atoms with van der Waals surface area (Å²) in [5, 5.41) is 8.39. The summed E-state index contributed by atoms with van der Waals surface area (Å²) in [6.45, 7) is 0. The number of rotatable bonds is 7. The molecule has 0 aromatic heterocycles. The van der Waals surface area contributed by atoms with Gasteiger partial charge < -0.3 is 0 Å². The molecule has 0 aliphatic rings. The molecule has 235 valence electrons. The van der Waals surface area contributed by atoms with Gasteiger partial charge in [-0.25, -0.2) is 0 Å². The molecule has 0 saturated heterocycles. The Morgan fingerprint density at radius 3 is 0.617 bits per heavy atom. The second-order valence-electron chi connectivity index (χ2n) is 10.4. The number of benzene rings is 7. The summed E-state index contributed by atoms with van der Waals surface area (Å²) in [6, 6.07) is 74.5. The molecular formula is C43H36ClP2Pd. The van der Waals surface area contributed by atoms with Crippen molar-refractivity contribution in [2.75, 3.05) is 0 Å². The minimum Gasteiger partial charge on any atom is -0.0622 e. The van der Waals surface area contributed by atoms with Crippen LogP contribution in [0.5, 0.6) is 0 Å². The van der Waals surface area contributed by atoms with E-state index in [1.807, 2.05) is 30.3 Å². The van der Waals surface area contributed by atoms with Crippen LogP contribution in [0.2, 0.25) is 0 Å². The molecule has 0 N–H and O–H groups in total. The number of halogens is 1. The Kier molecular flexibility index (Phi) is 14.2. The molecule has 0 aliphatic heterocycles. The van der Waals surface area contributed by atoms with E-state index in [1.54, 1.807) is 0 Å². The summed E-state index contributed by atoms with van der Waals surface area (Å²) < 4.78 is -0.0193. The van der Waals surface area contributed by atoms with Gasteiger partial charge in [-0.2, -0.15) is 0 Å². The SMILES string of the molecule is Cl[CH]([Pd])c1ccccc1.c1ccc(P(c2ccccc2)c2ccccc2)cc1.c1ccc(P(c2ccccc2)c2ccccc2)cc1. The van der Waals surface area contributed by atoms with E-state index in [9.17, 15) is 0 Å². The van der Waals surface area contributed by atoms with Crippen molar-refractivity contribution in [3.05, 3.63) is 218 Å². The van der Waals surface area contributed by atoms with E-state index in [2.05, 4.69) is 201 Å². The van der Waals surface area contributed by atoms with Gasteiger partial charge in [0.25, 0.3) is 0 Å². The third-order valence-electron chi connectivity index (χ3n) is 7.12. The van der Waals surface area contributed by atoms with Crippen LogP contribution in [0.4, 0.5) is 0 Å². The first-order chi connectivity index (χ1) is 23.2. The van der Waals surface area contributed by atoms with Gasteiger partial charge >= 0.3 is 70.5 Å². The fraction of sp³-hybridized carbons (Fsp3) is 0.0233. The van der Waals surface area contributed by atoms with Gasteiger partial charge in [0.1, 0.15) is 0 Å². The average molecular weight is 757 g/mol. The Balaban J connectivity index is 0.000000148. The molecule has 7 rings (SSSR count). The van der Waals surface area contributed by atoms with Gasteiger partial charge in [0, 0.05) is 0 Å². The van der Waals surface area contributed by atoms with Crippen molar-refractivity contribution in [2.45, 2.75) is 3.85 Å². The van der Waals surface area contributed by atoms with E-state index in [1.165, 1.54) is 31.8 Å². The van der Waals surface area contributed by atoms with E-state index >= 15 is 0 Å². The second-order valence-corrected chi connectivity index (χ2v) is 16.6. The van der Waals surface area contributed by atoms with Gasteiger partial charge in [0.05, 0.1) is 0 Å². The van der Waals surface area contributed by atoms with Crippen LogP contribution in [0.3, 0.4) is 0 Å². The minimum absolute atomic E-state index is 0.0193. The van der Waals surface area contributed by atoms with Crippen LogP contribution < -0.4 is 31.8 Å². The predicted octanol–water partition coefficient (Wildman–Crippen LogP) is 9.36. The van der Waals surface area contributed by atoms with Crippen molar-refractivity contribution < 1.29 is 19.2 Å². The second kappa shape index (κ2) is 19.2. The Labute approximate surface area is 298 Å². The molecule has 0 heterocycles. The summed E-state index contributed by atoms with van der Waals surface area (Å²) in [5.41, 5.74) is 1.11. The molecule has 0 amide bonds. The third-order valence-corrected chi connectivity index (χ3v) is 12.8. The van der Waals surface area contributed by atoms with Crippen molar-refractivity contribution in [2.24, 2.45) is 0 Å². The summed E-state index contributed by atoms with van der Waals surface area (Å²) in [6.07, 6.45) is 0. The maximum absolute atomic E-state index is 5.74. The van der Waals surface area contributed by atoms with E-state index in [0.717, 1.165) is 5.56 Å². The van der Waals surface area contributed by atoms with Crippen molar-refractivity contribution in [1.82, 2.24) is 0 Å². The predicted molar refractivity (Wildman–Crippen MR) is 205 cm³/mol. The molecule has 1 atom stereocenters. The molecular weight excluding hydrogens is 720 g/mol. The van der Waals surface area contributed by atoms with E-state index in [0.29, 0.717) is 0 Å². The number of hydrogen-bond acceptors (Lipinski definition) is 0. The van der Waals surface area contributed by atoms with E-state index < -0.39 is 15.8 Å². The van der Waals surface area contributed by atoms with Crippen LogP contribution in [0.25, 0.3) is 0 Å². The quantitative estimate of drug-likeness (QED) is 0.0865. The standard InChI is InChI=1S/2C18H15P.C7H6Cl.Pd/c2*1-4-10-16(11-5-1)19(17-12-6-2-7-13-17)18-14-8-3-9-15-18;8-6-7-4-2-1-3-5-7;/h2*1-15H;1-6H;. The van der Waals surface area contributed by atoms with Crippen molar-refractivity contribution >= 4 is 59.3 Å². The van der Waals surface area contributed by atoms with Gasteiger partial charge in [0.2, 0.25) is 0 Å². The maximum Gasteiger partial charge on any atom is -0.0134 e. The molecule has 1 unspecified atom stereocenters. The Bertz CT molecular complexity index is 1520. The summed E-state index contributed by atoms with van der Waals surface area (Å²) in [7, 11) is -0.892. The molecule has 0 spiro atoms. The van der Waals surface area contributed by atoms with Crippen LogP contribution in [-0.2, 0) is 19.2 Å². The minimum atomic E-state index is -0.446. The molecule has 0 fully saturated rings. The average Bonchev–Trinajstić information content (AvgIpc) is 3.15. The number of hydrogen-bond donors (Lipinski definition) is 0. The molecule has 4 heteroatoms. The summed E-state index contributed by atoms with van der Waals surface area (Å²) in [5.74, 6) is 0. The van der Waals surface area contributed by atoms with Crippen LogP contribution >= 0.6 is 27.4 Å². The van der Waals surface area contributed by atoms with Crippen molar-refractivity contribution in [1.29, 1.82) is 0 Å². The fourth-order valence-corrected chi connectivity index (χ4v) is 10.00. The Morgan fingerprint density at radius 2 is 0.468 bits per heavy atom.